The first-order chi connectivity index (χ1) is 34.0. The van der Waals surface area contributed by atoms with Crippen LogP contribution in [0.25, 0.3) is 102 Å². The third-order valence-corrected chi connectivity index (χ3v) is 10.4. The van der Waals surface area contributed by atoms with E-state index in [4.69, 9.17) is 24.2 Å². The summed E-state index contributed by atoms with van der Waals surface area (Å²) in [7, 11) is 0. The van der Waals surface area contributed by atoms with Crippen molar-refractivity contribution in [1.82, 2.24) is 19.5 Å². The average Bonchev–Trinajstić information content (AvgIpc) is 4.07. The van der Waals surface area contributed by atoms with Gasteiger partial charge in [-0.2, -0.15) is 9.97 Å². The van der Waals surface area contributed by atoms with Gasteiger partial charge in [0, 0.05) is 62.2 Å². The molecule has 0 spiro atoms. The Morgan fingerprint density at radius 2 is 1.16 bits per heavy atom. The largest absolute Gasteiger partial charge is 0.277 e. The maximum atomic E-state index is 9.76. The fraction of sp³-hybridized carbons (Fsp3) is 0. The lowest BCUT2D eigenvalue weighted by atomic mass is 9.99. The zero-order chi connectivity index (χ0) is 51.7. The van der Waals surface area contributed by atoms with Crippen LogP contribution in [-0.4, -0.2) is 19.5 Å². The second kappa shape index (κ2) is 11.2. The van der Waals surface area contributed by atoms with Crippen LogP contribution in [0.1, 0.15) is 28.8 Å². The molecule has 0 bridgehead atoms. The number of thiophene rings is 2. The van der Waals surface area contributed by atoms with Gasteiger partial charge < -0.3 is 0 Å². The van der Waals surface area contributed by atoms with Gasteiger partial charge >= 0.3 is 0 Å². The molecule has 51 heavy (non-hydrogen) atoms. The Morgan fingerprint density at radius 3 is 2.04 bits per heavy atom. The van der Waals surface area contributed by atoms with Gasteiger partial charge in [-0.3, -0.25) is 4.57 Å². The van der Waals surface area contributed by atoms with Crippen molar-refractivity contribution in [3.8, 4) is 39.9 Å². The van der Waals surface area contributed by atoms with Crippen molar-refractivity contribution >= 4 is 84.8 Å². The monoisotopic (exact) mass is 707 g/mol. The number of aromatic nitrogens is 4. The predicted octanol–water partition coefficient (Wildman–Crippen LogP) is 12.7. The van der Waals surface area contributed by atoms with E-state index in [-0.39, 0.29) is 74.3 Å². The first-order valence-corrected chi connectivity index (χ1v) is 16.9. The molecule has 0 saturated carbocycles. The maximum absolute atomic E-state index is 9.76. The van der Waals surface area contributed by atoms with Crippen LogP contribution in [0.15, 0.2) is 157 Å². The van der Waals surface area contributed by atoms with E-state index in [0.29, 0.717) is 5.56 Å². The Hall–Kier alpha value is -6.21. The van der Waals surface area contributed by atoms with Crippen LogP contribution in [0.5, 0.6) is 0 Å². The van der Waals surface area contributed by atoms with Crippen molar-refractivity contribution in [2.45, 2.75) is 0 Å². The van der Waals surface area contributed by atoms with Crippen LogP contribution in [-0.2, 0) is 0 Å². The smallest absolute Gasteiger partial charge is 0.238 e. The molecule has 238 valence electrons. The van der Waals surface area contributed by atoms with E-state index >= 15 is 0 Å². The molecule has 4 heterocycles. The molecule has 4 aromatic heterocycles. The molecule has 6 heteroatoms. The normalized spacial score (nSPS) is 17.7. The summed E-state index contributed by atoms with van der Waals surface area (Å²) in [4.78, 5) is 13.8. The molecule has 0 amide bonds. The molecule has 4 nitrogen and oxygen atoms in total. The summed E-state index contributed by atoms with van der Waals surface area (Å²) in [5.74, 6) is -1.97. The van der Waals surface area contributed by atoms with Gasteiger partial charge in [-0.15, -0.1) is 22.7 Å². The number of nitrogens with zero attached hydrogens (tertiary/aromatic N) is 4. The first kappa shape index (κ1) is 15.0. The van der Waals surface area contributed by atoms with Crippen molar-refractivity contribution < 1.29 is 28.8 Å². The van der Waals surface area contributed by atoms with Crippen LogP contribution in [0.4, 0.5) is 0 Å². The Kier molecular flexibility index (Phi) is 3.27. The highest BCUT2D eigenvalue weighted by atomic mass is 32.1. The molecule has 0 fully saturated rings. The Balaban J connectivity index is 1.37. The van der Waals surface area contributed by atoms with Crippen molar-refractivity contribution in [2.75, 3.05) is 0 Å². The minimum absolute atomic E-state index is 0.00131. The number of hydrogen-bond donors (Lipinski definition) is 0. The number of para-hydroxylation sites is 1. The van der Waals surface area contributed by atoms with E-state index < -0.39 is 149 Å². The molecule has 0 aliphatic carbocycles. The highest BCUT2D eigenvalue weighted by Crippen LogP contribution is 2.44. The molecule has 0 saturated heterocycles. The highest BCUT2D eigenvalue weighted by molar-refractivity contribution is 7.26. The second-order valence-electron chi connectivity index (χ2n) is 11.2. The average molecular weight is 708 g/mol. The zero-order valence-corrected chi connectivity index (χ0v) is 27.1. The van der Waals surface area contributed by atoms with E-state index in [9.17, 15) is 9.60 Å². The van der Waals surface area contributed by atoms with Gasteiger partial charge in [0.25, 0.3) is 0 Å². The SMILES string of the molecule is [2H]c1c([2H])c([2H])c(-c2nc(-c3c([2H])c([2H])c4c(sc5c([2H])c([2H])c([2H])c(-c6ccccc6)c54)c3[2H])nc(-n3c4c([2H])c([2H])c([2H])c([2H])c4c4c([2H])c([2H])c5sc6c([2H])c([2H])c([2H])c([2H])c6c5c43)n2)c([2H])c1[2H]. The van der Waals surface area contributed by atoms with Crippen LogP contribution in [0, 0.1) is 0 Å². The fourth-order valence-electron chi connectivity index (χ4n) is 6.24. The zero-order valence-electron chi connectivity index (χ0n) is 46.5. The number of fused-ring (bicyclic) bond motifs is 10. The van der Waals surface area contributed by atoms with E-state index in [1.807, 2.05) is 0 Å². The van der Waals surface area contributed by atoms with Crippen molar-refractivity contribution in [1.29, 1.82) is 0 Å². The van der Waals surface area contributed by atoms with Crippen molar-refractivity contribution in [3.63, 3.8) is 0 Å². The van der Waals surface area contributed by atoms with Gasteiger partial charge in [0.2, 0.25) is 5.95 Å². The lowest BCUT2D eigenvalue weighted by Crippen LogP contribution is -2.06. The van der Waals surface area contributed by atoms with Crippen molar-refractivity contribution in [2.24, 2.45) is 0 Å². The Labute approximate surface area is 330 Å². The number of benzene rings is 7. The minimum Gasteiger partial charge on any atom is -0.277 e. The predicted molar refractivity (Wildman–Crippen MR) is 216 cm³/mol. The fourth-order valence-corrected chi connectivity index (χ4v) is 8.22. The van der Waals surface area contributed by atoms with E-state index in [0.717, 1.165) is 27.2 Å². The van der Waals surface area contributed by atoms with Gasteiger partial charge in [-0.05, 0) is 41.3 Å². The maximum Gasteiger partial charge on any atom is 0.238 e. The summed E-state index contributed by atoms with van der Waals surface area (Å²) < 4.78 is 189. The van der Waals surface area contributed by atoms with Crippen LogP contribution < -0.4 is 0 Å². The molecule has 7 aromatic carbocycles. The van der Waals surface area contributed by atoms with E-state index in [1.165, 1.54) is 0 Å². The molecular formula is C45H26N4S2. The Morgan fingerprint density at radius 1 is 0.471 bits per heavy atom. The summed E-state index contributed by atoms with van der Waals surface area (Å²) in [6.07, 6.45) is 0. The molecule has 0 N–H and O–H groups in total. The lowest BCUT2D eigenvalue weighted by molar-refractivity contribution is 0.955. The molecule has 11 rings (SSSR count). The highest BCUT2D eigenvalue weighted by Gasteiger charge is 2.22. The summed E-state index contributed by atoms with van der Waals surface area (Å²) in [6.45, 7) is 0. The third-order valence-electron chi connectivity index (χ3n) is 8.38. The third kappa shape index (κ3) is 4.40. The summed E-state index contributed by atoms with van der Waals surface area (Å²) in [6, 6.07) is -4.72. The van der Waals surface area contributed by atoms with Crippen molar-refractivity contribution in [3.05, 3.63) is 157 Å². The Bertz CT molecular complexity index is 4330. The quantitative estimate of drug-likeness (QED) is 0.183. The second-order valence-corrected chi connectivity index (χ2v) is 13.2. The molecular weight excluding hydrogens is 661 g/mol. The van der Waals surface area contributed by atoms with Gasteiger partial charge in [-0.1, -0.05) is 127 Å². The van der Waals surface area contributed by atoms with Crippen LogP contribution in [0.2, 0.25) is 0 Å². The van der Waals surface area contributed by atoms with Crippen LogP contribution >= 0.6 is 22.7 Å². The summed E-state index contributed by atoms with van der Waals surface area (Å²) >= 11 is 1.60. The molecule has 0 radical (unpaired) electrons. The number of rotatable bonds is 4. The molecule has 0 aliphatic rings. The van der Waals surface area contributed by atoms with Crippen LogP contribution in [0.3, 0.4) is 0 Å². The number of hydrogen-bond acceptors (Lipinski definition) is 5. The van der Waals surface area contributed by atoms with E-state index in [1.54, 1.807) is 30.3 Å². The molecule has 0 unspecified atom stereocenters. The lowest BCUT2D eigenvalue weighted by Gasteiger charge is -2.11. The molecule has 0 atom stereocenters. The van der Waals surface area contributed by atoms with Gasteiger partial charge in [0.15, 0.2) is 11.6 Å². The topological polar surface area (TPSA) is 43.6 Å². The first-order valence-electron chi connectivity index (χ1n) is 25.7. The standard InChI is InChI=1S/C45H26N4S2/c1-3-12-27(13-4-1)30-18-11-21-37-40(30)34-23-22-29(26-39(34)51-37)44-46-43(28-14-5-2-6-15-28)47-45(48-44)49-35-19-9-7-16-31(35)32-24-25-38-41(42(32)49)33-17-8-10-20-36(33)50-38/h1-26H/i2D,5D,6D,7D,8D,9D,10D,11D,14D,15D,16D,17D,18D,19D,20D,21D,22D,23D,24D,25D,26D. The van der Waals surface area contributed by atoms with E-state index in [2.05, 4.69) is 9.97 Å². The summed E-state index contributed by atoms with van der Waals surface area (Å²) in [5, 5.41) is -0.718. The minimum atomic E-state index is -0.812. The molecule has 11 aromatic rings. The molecule has 0 aliphatic heterocycles. The van der Waals surface area contributed by atoms with Gasteiger partial charge in [0.05, 0.1) is 39.8 Å². The summed E-state index contributed by atoms with van der Waals surface area (Å²) in [5.41, 5.74) is -1.13. The van der Waals surface area contributed by atoms with Gasteiger partial charge in [0.1, 0.15) is 0 Å². The van der Waals surface area contributed by atoms with Gasteiger partial charge in [-0.25, -0.2) is 4.98 Å².